The number of benzene rings is 2. The third-order valence-corrected chi connectivity index (χ3v) is 3.88. The Morgan fingerprint density at radius 1 is 1.05 bits per heavy atom. The van der Waals surface area contributed by atoms with Gasteiger partial charge in [0.25, 0.3) is 0 Å². The summed E-state index contributed by atoms with van der Waals surface area (Å²) in [6, 6.07) is 6.81. The van der Waals surface area contributed by atoms with Crippen LogP contribution in [0.2, 0.25) is 0 Å². The van der Waals surface area contributed by atoms with Gasteiger partial charge in [-0.2, -0.15) is 13.2 Å². The largest absolute Gasteiger partial charge is 0.416 e. The van der Waals surface area contributed by atoms with E-state index in [2.05, 4.69) is 15.9 Å². The molecule has 0 fully saturated rings. The van der Waals surface area contributed by atoms with E-state index in [1.54, 1.807) is 6.92 Å². The average Bonchev–Trinajstić information content (AvgIpc) is 2.40. The molecule has 0 heterocycles. The van der Waals surface area contributed by atoms with Gasteiger partial charge in [0.1, 0.15) is 11.9 Å². The fraction of sp³-hybridized carbons (Fsp3) is 0.200. The minimum Gasteiger partial charge on any atom is -0.384 e. The summed E-state index contributed by atoms with van der Waals surface area (Å²) in [4.78, 5) is 0. The number of rotatable bonds is 2. The second-order valence-corrected chi connectivity index (χ2v) is 5.49. The molecule has 1 atom stereocenters. The molecule has 0 aliphatic heterocycles. The van der Waals surface area contributed by atoms with E-state index in [4.69, 9.17) is 0 Å². The van der Waals surface area contributed by atoms with Gasteiger partial charge >= 0.3 is 6.18 Å². The molecule has 2 rings (SSSR count). The molecule has 0 radical (unpaired) electrons. The van der Waals surface area contributed by atoms with Crippen molar-refractivity contribution in [2.24, 2.45) is 0 Å². The van der Waals surface area contributed by atoms with Crippen LogP contribution in [-0.2, 0) is 6.18 Å². The Bertz CT molecular complexity index is 667. The number of alkyl halides is 3. The molecule has 1 unspecified atom stereocenters. The van der Waals surface area contributed by atoms with Gasteiger partial charge in [-0.15, -0.1) is 0 Å². The quantitative estimate of drug-likeness (QED) is 0.745. The van der Waals surface area contributed by atoms with Crippen LogP contribution in [0, 0.1) is 12.7 Å². The Morgan fingerprint density at radius 3 is 2.33 bits per heavy atom. The number of halogens is 5. The normalized spacial score (nSPS) is 13.3. The lowest BCUT2D eigenvalue weighted by Crippen LogP contribution is -2.09. The summed E-state index contributed by atoms with van der Waals surface area (Å²) in [5, 5.41) is 10.3. The summed E-state index contributed by atoms with van der Waals surface area (Å²) in [7, 11) is 0. The second kappa shape index (κ2) is 5.77. The van der Waals surface area contributed by atoms with Gasteiger partial charge in [-0.25, -0.2) is 4.39 Å². The van der Waals surface area contributed by atoms with Gasteiger partial charge in [0.2, 0.25) is 0 Å². The first-order valence-corrected chi connectivity index (χ1v) is 6.80. The molecule has 6 heteroatoms. The van der Waals surface area contributed by atoms with Crippen LogP contribution < -0.4 is 0 Å². The number of aryl methyl sites for hydroxylation is 1. The van der Waals surface area contributed by atoms with E-state index in [-0.39, 0.29) is 11.1 Å². The van der Waals surface area contributed by atoms with E-state index in [0.29, 0.717) is 10.0 Å². The molecule has 1 nitrogen and oxygen atoms in total. The molecule has 0 aliphatic rings. The van der Waals surface area contributed by atoms with Gasteiger partial charge in [0.05, 0.1) is 5.56 Å². The van der Waals surface area contributed by atoms with E-state index in [0.717, 1.165) is 18.2 Å². The van der Waals surface area contributed by atoms with Gasteiger partial charge in [-0.3, -0.25) is 0 Å². The highest BCUT2D eigenvalue weighted by Gasteiger charge is 2.31. The zero-order valence-electron chi connectivity index (χ0n) is 10.9. The molecule has 0 saturated heterocycles. The van der Waals surface area contributed by atoms with Crippen LogP contribution in [0.15, 0.2) is 40.9 Å². The molecule has 0 bridgehead atoms. The van der Waals surface area contributed by atoms with Gasteiger partial charge in [0, 0.05) is 4.47 Å². The van der Waals surface area contributed by atoms with Crippen LogP contribution in [0.25, 0.3) is 0 Å². The van der Waals surface area contributed by atoms with Crippen LogP contribution in [-0.4, -0.2) is 5.11 Å². The van der Waals surface area contributed by atoms with Gasteiger partial charge in [-0.05, 0) is 53.9 Å². The van der Waals surface area contributed by atoms with Crippen molar-refractivity contribution in [3.05, 3.63) is 68.9 Å². The molecular weight excluding hydrogens is 352 g/mol. The summed E-state index contributed by atoms with van der Waals surface area (Å²) >= 11 is 3.12. The molecule has 0 aliphatic carbocycles. The minimum atomic E-state index is -4.51. The summed E-state index contributed by atoms with van der Waals surface area (Å²) in [6.45, 7) is 1.65. The average molecular weight is 363 g/mol. The van der Waals surface area contributed by atoms with Gasteiger partial charge < -0.3 is 5.11 Å². The summed E-state index contributed by atoms with van der Waals surface area (Å²) < 4.78 is 51.9. The monoisotopic (exact) mass is 362 g/mol. The first-order valence-electron chi connectivity index (χ1n) is 6.01. The Kier molecular flexibility index (Phi) is 4.39. The van der Waals surface area contributed by atoms with E-state index in [1.165, 1.54) is 18.2 Å². The van der Waals surface area contributed by atoms with Crippen molar-refractivity contribution in [2.45, 2.75) is 19.2 Å². The minimum absolute atomic E-state index is 0.0403. The van der Waals surface area contributed by atoms with Crippen molar-refractivity contribution < 1.29 is 22.7 Å². The summed E-state index contributed by atoms with van der Waals surface area (Å²) in [6.07, 6.45) is -5.86. The highest BCUT2D eigenvalue weighted by Crippen LogP contribution is 2.36. The second-order valence-electron chi connectivity index (χ2n) is 4.64. The van der Waals surface area contributed by atoms with Crippen LogP contribution in [0.3, 0.4) is 0 Å². The van der Waals surface area contributed by atoms with E-state index in [1.807, 2.05) is 0 Å². The highest BCUT2D eigenvalue weighted by molar-refractivity contribution is 9.10. The van der Waals surface area contributed by atoms with Crippen LogP contribution >= 0.6 is 15.9 Å². The zero-order chi connectivity index (χ0) is 15.8. The van der Waals surface area contributed by atoms with Crippen molar-refractivity contribution in [3.63, 3.8) is 0 Å². The topological polar surface area (TPSA) is 20.2 Å². The lowest BCUT2D eigenvalue weighted by molar-refractivity contribution is -0.137. The Morgan fingerprint density at radius 2 is 1.71 bits per heavy atom. The van der Waals surface area contributed by atoms with E-state index >= 15 is 0 Å². The number of hydrogen-bond donors (Lipinski definition) is 1. The van der Waals surface area contributed by atoms with Gasteiger partial charge in [0.15, 0.2) is 0 Å². The maximum absolute atomic E-state index is 13.3. The maximum atomic E-state index is 13.3. The standard InChI is InChI=1S/C15H11BrF4O/c1-8-2-4-10(17)7-11(8)14(21)12-6-9(15(18,19)20)3-5-13(12)16/h2-7,14,21H,1H3. The van der Waals surface area contributed by atoms with Crippen molar-refractivity contribution in [3.8, 4) is 0 Å². The lowest BCUT2D eigenvalue weighted by Gasteiger charge is -2.17. The summed E-state index contributed by atoms with van der Waals surface area (Å²) in [5.74, 6) is -0.558. The van der Waals surface area contributed by atoms with Crippen LogP contribution in [0.5, 0.6) is 0 Å². The summed E-state index contributed by atoms with van der Waals surface area (Å²) in [5.41, 5.74) is -0.00410. The first-order chi connectivity index (χ1) is 9.70. The molecule has 0 amide bonds. The van der Waals surface area contributed by atoms with Crippen molar-refractivity contribution in [2.75, 3.05) is 0 Å². The van der Waals surface area contributed by atoms with Crippen LogP contribution in [0.1, 0.15) is 28.4 Å². The van der Waals surface area contributed by atoms with Gasteiger partial charge in [-0.1, -0.05) is 22.0 Å². The first kappa shape index (κ1) is 16.0. The Labute approximate surface area is 127 Å². The predicted molar refractivity (Wildman–Crippen MR) is 74.3 cm³/mol. The van der Waals surface area contributed by atoms with Crippen molar-refractivity contribution in [1.82, 2.24) is 0 Å². The van der Waals surface area contributed by atoms with E-state index in [9.17, 15) is 22.7 Å². The molecule has 112 valence electrons. The number of hydrogen-bond acceptors (Lipinski definition) is 1. The third-order valence-electron chi connectivity index (χ3n) is 3.15. The molecule has 0 spiro atoms. The van der Waals surface area contributed by atoms with E-state index < -0.39 is 23.7 Å². The third kappa shape index (κ3) is 3.44. The SMILES string of the molecule is Cc1ccc(F)cc1C(O)c1cc(C(F)(F)F)ccc1Br. The highest BCUT2D eigenvalue weighted by atomic mass is 79.9. The Balaban J connectivity index is 2.52. The van der Waals surface area contributed by atoms with Crippen molar-refractivity contribution >= 4 is 15.9 Å². The molecule has 0 aromatic heterocycles. The zero-order valence-corrected chi connectivity index (χ0v) is 12.5. The molecular formula is C15H11BrF4O. The molecule has 1 N–H and O–H groups in total. The lowest BCUT2D eigenvalue weighted by atomic mass is 9.96. The fourth-order valence-corrected chi connectivity index (χ4v) is 2.47. The number of aliphatic hydroxyl groups excluding tert-OH is 1. The molecule has 2 aromatic carbocycles. The van der Waals surface area contributed by atoms with Crippen LogP contribution in [0.4, 0.5) is 17.6 Å². The number of aliphatic hydroxyl groups is 1. The van der Waals surface area contributed by atoms with Crippen molar-refractivity contribution in [1.29, 1.82) is 0 Å². The smallest absolute Gasteiger partial charge is 0.384 e. The fourth-order valence-electron chi connectivity index (χ4n) is 2.00. The molecule has 0 saturated carbocycles. The predicted octanol–water partition coefficient (Wildman–Crippen LogP) is 5.00. The maximum Gasteiger partial charge on any atom is 0.416 e. The molecule has 21 heavy (non-hydrogen) atoms. The molecule has 2 aromatic rings. The Hall–Kier alpha value is -1.40.